The van der Waals surface area contributed by atoms with Crippen molar-refractivity contribution in [3.8, 4) is 0 Å². The first-order valence-corrected chi connectivity index (χ1v) is 9.87. The molecule has 4 nitrogen and oxygen atoms in total. The van der Waals surface area contributed by atoms with E-state index in [1.54, 1.807) is 0 Å². The molecule has 0 radical (unpaired) electrons. The first-order valence-electron chi connectivity index (χ1n) is 9.87. The van der Waals surface area contributed by atoms with Crippen LogP contribution in [0, 0.1) is 11.3 Å². The Hall–Kier alpha value is -0.610. The molecule has 3 aliphatic heterocycles. The summed E-state index contributed by atoms with van der Waals surface area (Å²) in [5.41, 5.74) is 0.421. The van der Waals surface area contributed by atoms with Crippen molar-refractivity contribution < 1.29 is 9.53 Å². The Morgan fingerprint density at radius 1 is 1.00 bits per heavy atom. The molecule has 1 amide bonds. The first kappa shape index (κ1) is 15.9. The van der Waals surface area contributed by atoms with E-state index in [0.29, 0.717) is 23.3 Å². The number of amides is 1. The average Bonchev–Trinajstić information content (AvgIpc) is 3.01. The highest BCUT2D eigenvalue weighted by atomic mass is 16.5. The normalized spacial score (nSPS) is 32.2. The minimum Gasteiger partial charge on any atom is -0.377 e. The summed E-state index contributed by atoms with van der Waals surface area (Å²) in [7, 11) is 0. The number of carbonyl (C=O) groups is 1. The van der Waals surface area contributed by atoms with Gasteiger partial charge in [0.05, 0.1) is 6.10 Å². The number of hydrogen-bond donors (Lipinski definition) is 0. The third kappa shape index (κ3) is 3.43. The minimum atomic E-state index is 0.366. The van der Waals surface area contributed by atoms with E-state index in [9.17, 15) is 4.79 Å². The SMILES string of the molecule is O=C(C1CCC1)N1CCCC2(CCN(C[C@H]3CCCO3)CC2)C1. The van der Waals surface area contributed by atoms with E-state index >= 15 is 0 Å². The van der Waals surface area contributed by atoms with E-state index in [0.717, 1.165) is 39.1 Å². The molecule has 4 rings (SSSR count). The van der Waals surface area contributed by atoms with Crippen LogP contribution in [0.25, 0.3) is 0 Å². The summed E-state index contributed by atoms with van der Waals surface area (Å²) in [4.78, 5) is 17.4. The predicted molar refractivity (Wildman–Crippen MR) is 90.2 cm³/mol. The molecular formula is C19H32N2O2. The molecule has 0 aromatic carbocycles. The Labute approximate surface area is 140 Å². The van der Waals surface area contributed by atoms with Gasteiger partial charge in [-0.25, -0.2) is 0 Å². The lowest BCUT2D eigenvalue weighted by Gasteiger charge is -2.49. The van der Waals surface area contributed by atoms with Crippen LogP contribution in [-0.4, -0.2) is 61.1 Å². The fraction of sp³-hybridized carbons (Fsp3) is 0.947. The zero-order valence-corrected chi connectivity index (χ0v) is 14.5. The van der Waals surface area contributed by atoms with Crippen LogP contribution in [0.15, 0.2) is 0 Å². The van der Waals surface area contributed by atoms with Gasteiger partial charge in [-0.1, -0.05) is 6.42 Å². The van der Waals surface area contributed by atoms with Gasteiger partial charge in [-0.3, -0.25) is 4.79 Å². The molecule has 4 fully saturated rings. The van der Waals surface area contributed by atoms with E-state index < -0.39 is 0 Å². The molecule has 0 unspecified atom stereocenters. The van der Waals surface area contributed by atoms with Gasteiger partial charge in [0.1, 0.15) is 0 Å². The molecule has 1 atom stereocenters. The summed E-state index contributed by atoms with van der Waals surface area (Å²) in [6, 6.07) is 0. The van der Waals surface area contributed by atoms with Gasteiger partial charge < -0.3 is 14.5 Å². The Bertz CT molecular complexity index is 421. The molecule has 4 heteroatoms. The van der Waals surface area contributed by atoms with Crippen LogP contribution in [-0.2, 0) is 9.53 Å². The van der Waals surface area contributed by atoms with Crippen LogP contribution in [0.1, 0.15) is 57.8 Å². The van der Waals surface area contributed by atoms with Crippen molar-refractivity contribution in [2.24, 2.45) is 11.3 Å². The van der Waals surface area contributed by atoms with Gasteiger partial charge in [0, 0.05) is 32.2 Å². The number of carbonyl (C=O) groups excluding carboxylic acids is 1. The van der Waals surface area contributed by atoms with Crippen LogP contribution in [0.3, 0.4) is 0 Å². The fourth-order valence-electron chi connectivity index (χ4n) is 5.00. The summed E-state index contributed by atoms with van der Waals surface area (Å²) >= 11 is 0. The van der Waals surface area contributed by atoms with E-state index in [-0.39, 0.29) is 0 Å². The maximum absolute atomic E-state index is 12.6. The molecule has 0 N–H and O–H groups in total. The quantitative estimate of drug-likeness (QED) is 0.801. The van der Waals surface area contributed by atoms with Gasteiger partial charge >= 0.3 is 0 Å². The number of likely N-dealkylation sites (tertiary alicyclic amines) is 2. The van der Waals surface area contributed by atoms with Crippen molar-refractivity contribution in [2.45, 2.75) is 63.9 Å². The van der Waals surface area contributed by atoms with Crippen molar-refractivity contribution in [3.05, 3.63) is 0 Å². The van der Waals surface area contributed by atoms with Gasteiger partial charge in [0.25, 0.3) is 0 Å². The minimum absolute atomic E-state index is 0.366. The topological polar surface area (TPSA) is 32.8 Å². The second kappa shape index (κ2) is 6.72. The number of piperidine rings is 2. The molecule has 130 valence electrons. The molecule has 1 saturated carbocycles. The molecule has 1 spiro atoms. The maximum Gasteiger partial charge on any atom is 0.225 e. The van der Waals surface area contributed by atoms with Crippen molar-refractivity contribution >= 4 is 5.91 Å². The van der Waals surface area contributed by atoms with E-state index in [1.165, 1.54) is 58.0 Å². The van der Waals surface area contributed by atoms with Crippen molar-refractivity contribution in [2.75, 3.05) is 39.3 Å². The number of hydrogen-bond acceptors (Lipinski definition) is 3. The largest absolute Gasteiger partial charge is 0.377 e. The summed E-state index contributed by atoms with van der Waals surface area (Å²) in [5.74, 6) is 0.835. The monoisotopic (exact) mass is 320 g/mol. The van der Waals surface area contributed by atoms with Crippen LogP contribution < -0.4 is 0 Å². The van der Waals surface area contributed by atoms with Gasteiger partial charge in [-0.2, -0.15) is 0 Å². The molecule has 3 heterocycles. The highest BCUT2D eigenvalue weighted by Crippen LogP contribution is 2.41. The third-order valence-electron chi connectivity index (χ3n) is 6.83. The van der Waals surface area contributed by atoms with Crippen molar-refractivity contribution in [1.82, 2.24) is 9.80 Å². The molecular weight excluding hydrogens is 288 g/mol. The molecule has 3 saturated heterocycles. The smallest absolute Gasteiger partial charge is 0.225 e. The number of nitrogens with zero attached hydrogens (tertiary/aromatic N) is 2. The van der Waals surface area contributed by atoms with Crippen LogP contribution in [0.5, 0.6) is 0 Å². The molecule has 23 heavy (non-hydrogen) atoms. The summed E-state index contributed by atoms with van der Waals surface area (Å²) in [6.45, 7) is 6.53. The highest BCUT2D eigenvalue weighted by molar-refractivity contribution is 5.79. The van der Waals surface area contributed by atoms with Crippen molar-refractivity contribution in [3.63, 3.8) is 0 Å². The molecule has 0 bridgehead atoms. The third-order valence-corrected chi connectivity index (χ3v) is 6.83. The average molecular weight is 320 g/mol. The standard InChI is InChI=1S/C19H32N2O2/c22-18(16-4-1-5-16)21-10-3-7-19(15-21)8-11-20(12-9-19)14-17-6-2-13-23-17/h16-17H,1-15H2/t17-/m1/s1. The summed E-state index contributed by atoms with van der Waals surface area (Å²) in [5, 5.41) is 0. The Kier molecular flexibility index (Phi) is 4.64. The Morgan fingerprint density at radius 2 is 1.83 bits per heavy atom. The van der Waals surface area contributed by atoms with Crippen molar-refractivity contribution in [1.29, 1.82) is 0 Å². The fourth-order valence-corrected chi connectivity index (χ4v) is 5.00. The molecule has 1 aliphatic carbocycles. The van der Waals surface area contributed by atoms with Crippen LogP contribution in [0.4, 0.5) is 0 Å². The van der Waals surface area contributed by atoms with Crippen LogP contribution >= 0.6 is 0 Å². The zero-order chi connectivity index (χ0) is 15.7. The molecule has 0 aromatic heterocycles. The second-order valence-electron chi connectivity index (χ2n) is 8.43. The van der Waals surface area contributed by atoms with E-state index in [4.69, 9.17) is 4.74 Å². The lowest BCUT2D eigenvalue weighted by atomic mass is 9.72. The molecule has 0 aromatic rings. The van der Waals surface area contributed by atoms with Gasteiger partial charge in [0.15, 0.2) is 0 Å². The van der Waals surface area contributed by atoms with Crippen LogP contribution in [0.2, 0.25) is 0 Å². The van der Waals surface area contributed by atoms with Gasteiger partial charge in [0.2, 0.25) is 5.91 Å². The number of rotatable bonds is 3. The van der Waals surface area contributed by atoms with Gasteiger partial charge in [-0.15, -0.1) is 0 Å². The highest BCUT2D eigenvalue weighted by Gasteiger charge is 2.41. The Balaban J connectivity index is 1.29. The second-order valence-corrected chi connectivity index (χ2v) is 8.43. The van der Waals surface area contributed by atoms with E-state index in [2.05, 4.69) is 9.80 Å². The molecule has 4 aliphatic rings. The number of ether oxygens (including phenoxy) is 1. The lowest BCUT2D eigenvalue weighted by Crippen LogP contribution is -2.53. The lowest BCUT2D eigenvalue weighted by molar-refractivity contribution is -0.142. The Morgan fingerprint density at radius 3 is 2.48 bits per heavy atom. The summed E-state index contributed by atoms with van der Waals surface area (Å²) < 4.78 is 5.79. The maximum atomic E-state index is 12.6. The summed E-state index contributed by atoms with van der Waals surface area (Å²) in [6.07, 6.45) is 11.6. The zero-order valence-electron chi connectivity index (χ0n) is 14.5. The van der Waals surface area contributed by atoms with Gasteiger partial charge in [-0.05, 0) is 69.9 Å². The predicted octanol–water partition coefficient (Wildman–Crippen LogP) is 2.67. The first-order chi connectivity index (χ1) is 11.2. The van der Waals surface area contributed by atoms with E-state index in [1.807, 2.05) is 0 Å².